The predicted molar refractivity (Wildman–Crippen MR) is 80.0 cm³/mol. The number of urea groups is 1. The maximum atomic E-state index is 11.9. The van der Waals surface area contributed by atoms with E-state index >= 15 is 0 Å². The largest absolute Gasteiger partial charge is 0.481 e. The highest BCUT2D eigenvalue weighted by atomic mass is 16.4. The third kappa shape index (κ3) is 4.48. The molecule has 1 aromatic rings. The number of aliphatic carboxylic acids is 1. The van der Waals surface area contributed by atoms with Crippen molar-refractivity contribution in [1.82, 2.24) is 10.6 Å². The van der Waals surface area contributed by atoms with E-state index in [4.69, 9.17) is 5.11 Å². The van der Waals surface area contributed by atoms with Crippen molar-refractivity contribution >= 4 is 12.0 Å². The average molecular weight is 290 g/mol. The quantitative estimate of drug-likeness (QED) is 0.778. The summed E-state index contributed by atoms with van der Waals surface area (Å²) in [5.41, 5.74) is 1.58. The molecule has 21 heavy (non-hydrogen) atoms. The second kappa shape index (κ2) is 7.11. The minimum absolute atomic E-state index is 0.0286. The molecule has 0 heterocycles. The van der Waals surface area contributed by atoms with Gasteiger partial charge in [-0.2, -0.15) is 0 Å². The van der Waals surface area contributed by atoms with E-state index in [1.807, 2.05) is 18.2 Å². The van der Waals surface area contributed by atoms with E-state index in [-0.39, 0.29) is 18.5 Å². The zero-order chi connectivity index (χ0) is 15.2. The minimum Gasteiger partial charge on any atom is -0.481 e. The van der Waals surface area contributed by atoms with Crippen LogP contribution in [0.2, 0.25) is 0 Å². The molecule has 1 aromatic carbocycles. The molecule has 0 radical (unpaired) electrons. The number of carboxylic acid groups (broad SMARTS) is 1. The number of carbonyl (C=O) groups excluding carboxylic acids is 1. The highest BCUT2D eigenvalue weighted by Gasteiger charge is 2.24. The molecule has 0 spiro atoms. The number of carboxylic acids is 1. The molecule has 0 aromatic heterocycles. The van der Waals surface area contributed by atoms with E-state index in [0.29, 0.717) is 12.5 Å². The summed E-state index contributed by atoms with van der Waals surface area (Å²) in [4.78, 5) is 22.7. The molecule has 0 saturated heterocycles. The lowest BCUT2D eigenvalue weighted by Crippen LogP contribution is -2.42. The van der Waals surface area contributed by atoms with Gasteiger partial charge in [0.2, 0.25) is 0 Å². The van der Waals surface area contributed by atoms with Crippen LogP contribution in [-0.2, 0) is 17.8 Å². The van der Waals surface area contributed by atoms with E-state index in [0.717, 1.165) is 30.4 Å². The molecule has 2 amide bonds. The summed E-state index contributed by atoms with van der Waals surface area (Å²) >= 11 is 0. The summed E-state index contributed by atoms with van der Waals surface area (Å²) in [6, 6.07) is 7.35. The Labute approximate surface area is 124 Å². The van der Waals surface area contributed by atoms with Crippen LogP contribution in [-0.4, -0.2) is 23.1 Å². The Kier molecular flexibility index (Phi) is 5.20. The van der Waals surface area contributed by atoms with Gasteiger partial charge in [0, 0.05) is 12.6 Å². The van der Waals surface area contributed by atoms with E-state index in [2.05, 4.69) is 17.6 Å². The third-order valence-corrected chi connectivity index (χ3v) is 4.08. The van der Waals surface area contributed by atoms with Crippen LogP contribution in [0.15, 0.2) is 24.3 Å². The fourth-order valence-electron chi connectivity index (χ4n) is 2.82. The summed E-state index contributed by atoms with van der Waals surface area (Å²) in [6.45, 7) is 2.50. The van der Waals surface area contributed by atoms with Crippen LogP contribution in [0.5, 0.6) is 0 Å². The highest BCUT2D eigenvalue weighted by molar-refractivity contribution is 5.74. The van der Waals surface area contributed by atoms with Gasteiger partial charge in [0.25, 0.3) is 0 Å². The smallest absolute Gasteiger partial charge is 0.315 e. The zero-order valence-electron chi connectivity index (χ0n) is 12.3. The van der Waals surface area contributed by atoms with Crippen molar-refractivity contribution in [3.05, 3.63) is 35.4 Å². The van der Waals surface area contributed by atoms with Gasteiger partial charge in [-0.1, -0.05) is 37.6 Å². The van der Waals surface area contributed by atoms with Gasteiger partial charge < -0.3 is 15.7 Å². The highest BCUT2D eigenvalue weighted by Crippen LogP contribution is 2.24. The molecule has 5 nitrogen and oxygen atoms in total. The molecule has 2 unspecified atom stereocenters. The third-order valence-electron chi connectivity index (χ3n) is 4.08. The van der Waals surface area contributed by atoms with Gasteiger partial charge in [-0.3, -0.25) is 4.79 Å². The molecule has 2 rings (SSSR count). The maximum Gasteiger partial charge on any atom is 0.315 e. The molecule has 1 saturated carbocycles. The molecule has 1 fully saturated rings. The van der Waals surface area contributed by atoms with Crippen molar-refractivity contribution in [3.8, 4) is 0 Å². The number of benzene rings is 1. The molecule has 1 aliphatic rings. The molecule has 114 valence electrons. The first kappa shape index (κ1) is 15.4. The van der Waals surface area contributed by atoms with Crippen molar-refractivity contribution in [2.75, 3.05) is 0 Å². The number of amides is 2. The summed E-state index contributed by atoms with van der Waals surface area (Å²) < 4.78 is 0. The van der Waals surface area contributed by atoms with Crippen LogP contribution in [0.1, 0.15) is 37.3 Å². The van der Waals surface area contributed by atoms with Crippen LogP contribution in [0, 0.1) is 5.92 Å². The van der Waals surface area contributed by atoms with Gasteiger partial charge in [0.1, 0.15) is 0 Å². The van der Waals surface area contributed by atoms with Gasteiger partial charge in [-0.15, -0.1) is 0 Å². The lowest BCUT2D eigenvalue weighted by atomic mass is 10.0. The fourth-order valence-corrected chi connectivity index (χ4v) is 2.82. The number of carbonyl (C=O) groups is 2. The lowest BCUT2D eigenvalue weighted by molar-refractivity contribution is -0.136. The van der Waals surface area contributed by atoms with E-state index < -0.39 is 5.97 Å². The Morgan fingerprint density at radius 1 is 1.24 bits per heavy atom. The number of nitrogens with one attached hydrogen (secondary N) is 2. The molecule has 2 atom stereocenters. The summed E-state index contributed by atoms with van der Waals surface area (Å²) in [7, 11) is 0. The molecule has 1 aliphatic carbocycles. The van der Waals surface area contributed by atoms with E-state index in [9.17, 15) is 9.59 Å². The van der Waals surface area contributed by atoms with Crippen LogP contribution in [0.3, 0.4) is 0 Å². The number of rotatable bonds is 5. The first-order chi connectivity index (χ1) is 10.1. The maximum absolute atomic E-state index is 11.9. The molecule has 5 heteroatoms. The van der Waals surface area contributed by atoms with E-state index in [1.165, 1.54) is 0 Å². The van der Waals surface area contributed by atoms with Gasteiger partial charge >= 0.3 is 12.0 Å². The summed E-state index contributed by atoms with van der Waals surface area (Å²) in [5.74, 6) is -0.346. The van der Waals surface area contributed by atoms with Crippen LogP contribution < -0.4 is 10.6 Å². The van der Waals surface area contributed by atoms with Crippen molar-refractivity contribution < 1.29 is 14.7 Å². The second-order valence-electron chi connectivity index (χ2n) is 5.68. The van der Waals surface area contributed by atoms with Crippen molar-refractivity contribution in [2.45, 2.75) is 45.2 Å². The first-order valence-electron chi connectivity index (χ1n) is 7.39. The Bertz CT molecular complexity index is 516. The lowest BCUT2D eigenvalue weighted by Gasteiger charge is -2.18. The van der Waals surface area contributed by atoms with E-state index in [1.54, 1.807) is 6.07 Å². The summed E-state index contributed by atoms with van der Waals surface area (Å²) in [6.07, 6.45) is 3.32. The Morgan fingerprint density at radius 3 is 2.57 bits per heavy atom. The summed E-state index contributed by atoms with van der Waals surface area (Å²) in [5, 5.41) is 14.7. The average Bonchev–Trinajstić information content (AvgIpc) is 2.83. The van der Waals surface area contributed by atoms with Crippen molar-refractivity contribution in [3.63, 3.8) is 0 Å². The van der Waals surface area contributed by atoms with Crippen LogP contribution in [0.25, 0.3) is 0 Å². The Balaban J connectivity index is 1.87. The SMILES string of the molecule is CC1CCCC1NC(=O)NCc1ccccc1CC(=O)O. The van der Waals surface area contributed by atoms with Crippen LogP contribution >= 0.6 is 0 Å². The monoisotopic (exact) mass is 290 g/mol. The molecular weight excluding hydrogens is 268 g/mol. The van der Waals surface area contributed by atoms with Crippen molar-refractivity contribution in [2.24, 2.45) is 5.92 Å². The predicted octanol–water partition coefficient (Wildman–Crippen LogP) is 2.30. The number of hydrogen-bond donors (Lipinski definition) is 3. The Hall–Kier alpha value is -2.04. The van der Waals surface area contributed by atoms with Crippen molar-refractivity contribution in [1.29, 1.82) is 0 Å². The molecular formula is C16H22N2O3. The van der Waals surface area contributed by atoms with Gasteiger partial charge in [0.15, 0.2) is 0 Å². The minimum atomic E-state index is -0.869. The molecule has 0 bridgehead atoms. The normalized spacial score (nSPS) is 21.0. The topological polar surface area (TPSA) is 78.4 Å². The standard InChI is InChI=1S/C16H22N2O3/c1-11-5-4-8-14(11)18-16(21)17-10-13-7-3-2-6-12(13)9-15(19)20/h2-3,6-7,11,14H,4-5,8-10H2,1H3,(H,19,20)(H2,17,18,21). The van der Waals surface area contributed by atoms with Gasteiger partial charge in [-0.05, 0) is 29.9 Å². The molecule has 0 aliphatic heterocycles. The van der Waals surface area contributed by atoms with Gasteiger partial charge in [0.05, 0.1) is 6.42 Å². The first-order valence-corrected chi connectivity index (χ1v) is 7.39. The van der Waals surface area contributed by atoms with Gasteiger partial charge in [-0.25, -0.2) is 4.79 Å². The second-order valence-corrected chi connectivity index (χ2v) is 5.68. The fraction of sp³-hybridized carbons (Fsp3) is 0.500. The Morgan fingerprint density at radius 2 is 1.95 bits per heavy atom. The van der Waals surface area contributed by atoms with Crippen LogP contribution in [0.4, 0.5) is 4.79 Å². The molecule has 3 N–H and O–H groups in total. The number of hydrogen-bond acceptors (Lipinski definition) is 2. The zero-order valence-corrected chi connectivity index (χ0v) is 12.3.